The van der Waals surface area contributed by atoms with Gasteiger partial charge in [-0.3, -0.25) is 0 Å². The van der Waals surface area contributed by atoms with Gasteiger partial charge in [-0.1, -0.05) is 12.1 Å². The molecule has 0 amide bonds. The van der Waals surface area contributed by atoms with Gasteiger partial charge in [-0.2, -0.15) is 0 Å². The Balaban J connectivity index is 2.40. The quantitative estimate of drug-likeness (QED) is 0.588. The molecule has 2 N–H and O–H groups in total. The van der Waals surface area contributed by atoms with Crippen molar-refractivity contribution in [3.8, 4) is 0 Å². The van der Waals surface area contributed by atoms with E-state index in [1.165, 1.54) is 0 Å². The molecule has 0 aromatic carbocycles. The molecule has 0 saturated carbocycles. The van der Waals surface area contributed by atoms with E-state index >= 15 is 0 Å². The summed E-state index contributed by atoms with van der Waals surface area (Å²) in [5.41, 5.74) is 6.68. The van der Waals surface area contributed by atoms with Crippen LogP contribution >= 0.6 is 0 Å². The van der Waals surface area contributed by atoms with Crippen molar-refractivity contribution in [3.63, 3.8) is 0 Å². The van der Waals surface area contributed by atoms with Gasteiger partial charge in [0.1, 0.15) is 6.61 Å². The highest BCUT2D eigenvalue weighted by Crippen LogP contribution is 2.04. The molecule has 0 aliphatic carbocycles. The molecular formula is C6H12N2O. The molecule has 3 nitrogen and oxygen atoms in total. The summed E-state index contributed by atoms with van der Waals surface area (Å²) >= 11 is 0. The van der Waals surface area contributed by atoms with E-state index in [1.807, 2.05) is 6.92 Å². The molecule has 9 heavy (non-hydrogen) atoms. The van der Waals surface area contributed by atoms with E-state index in [4.69, 9.17) is 10.6 Å². The van der Waals surface area contributed by atoms with E-state index in [1.54, 1.807) is 0 Å². The molecule has 0 spiro atoms. The fourth-order valence-electron chi connectivity index (χ4n) is 0.813. The third-order valence-electron chi connectivity index (χ3n) is 1.50. The smallest absolute Gasteiger partial charge is 0.122 e. The zero-order chi connectivity index (χ0) is 6.69. The topological polar surface area (TPSA) is 47.6 Å². The average molecular weight is 128 g/mol. The van der Waals surface area contributed by atoms with E-state index in [9.17, 15) is 0 Å². The van der Waals surface area contributed by atoms with Crippen LogP contribution in [0.2, 0.25) is 0 Å². The van der Waals surface area contributed by atoms with Crippen LogP contribution in [0.3, 0.4) is 0 Å². The molecular weight excluding hydrogens is 116 g/mol. The summed E-state index contributed by atoms with van der Waals surface area (Å²) in [5, 5.41) is 3.80. The first-order chi connectivity index (χ1) is 4.34. The summed E-state index contributed by atoms with van der Waals surface area (Å²) in [6, 6.07) is 0.118. The lowest BCUT2D eigenvalue weighted by Gasteiger charge is -2.03. The first kappa shape index (κ1) is 6.55. The molecule has 0 saturated heterocycles. The Kier molecular flexibility index (Phi) is 2.05. The van der Waals surface area contributed by atoms with Gasteiger partial charge in [0, 0.05) is 12.5 Å². The van der Waals surface area contributed by atoms with Crippen LogP contribution in [0.5, 0.6) is 0 Å². The van der Waals surface area contributed by atoms with E-state index in [2.05, 4.69) is 5.16 Å². The molecule has 0 bridgehead atoms. The Morgan fingerprint density at radius 3 is 3.11 bits per heavy atom. The van der Waals surface area contributed by atoms with Crippen molar-refractivity contribution in [2.75, 3.05) is 6.61 Å². The van der Waals surface area contributed by atoms with Crippen LogP contribution in [-0.2, 0) is 4.84 Å². The zero-order valence-electron chi connectivity index (χ0n) is 5.63. The summed E-state index contributed by atoms with van der Waals surface area (Å²) in [4.78, 5) is 4.79. The number of nitrogens with zero attached hydrogens (tertiary/aromatic N) is 1. The largest absolute Gasteiger partial charge is 0.395 e. The van der Waals surface area contributed by atoms with Crippen LogP contribution in [0.1, 0.15) is 19.8 Å². The lowest BCUT2D eigenvalue weighted by Crippen LogP contribution is -2.28. The molecule has 1 heterocycles. The normalized spacial score (nSPS) is 20.9. The Bertz CT molecular complexity index is 122. The van der Waals surface area contributed by atoms with Crippen molar-refractivity contribution in [1.29, 1.82) is 0 Å². The molecule has 1 aliphatic rings. The number of rotatable bonds is 2. The van der Waals surface area contributed by atoms with Crippen LogP contribution in [0.25, 0.3) is 0 Å². The van der Waals surface area contributed by atoms with Gasteiger partial charge in [0.25, 0.3) is 0 Å². The minimum Gasteiger partial charge on any atom is -0.395 e. The lowest BCUT2D eigenvalue weighted by atomic mass is 10.1. The van der Waals surface area contributed by atoms with Crippen molar-refractivity contribution < 1.29 is 4.84 Å². The highest BCUT2D eigenvalue weighted by Gasteiger charge is 2.13. The van der Waals surface area contributed by atoms with E-state index in [0.717, 1.165) is 18.6 Å². The van der Waals surface area contributed by atoms with Gasteiger partial charge in [-0.05, 0) is 6.42 Å². The first-order valence-corrected chi connectivity index (χ1v) is 3.29. The molecule has 0 aromatic rings. The van der Waals surface area contributed by atoms with Crippen LogP contribution in [0.15, 0.2) is 5.16 Å². The van der Waals surface area contributed by atoms with E-state index < -0.39 is 0 Å². The monoisotopic (exact) mass is 128 g/mol. The molecule has 1 rings (SSSR count). The number of hydrogen-bond donors (Lipinski definition) is 1. The standard InChI is InChI=1S/C6H12N2O/c1-2-5(7)6-3-4-9-8-6/h5H,2-4,7H2,1H3/t5-/m0/s1. The predicted octanol–water partition coefficient (Wildman–Crippen LogP) is 0.500. The molecule has 3 heteroatoms. The number of oxime groups is 1. The Labute approximate surface area is 54.9 Å². The second-order valence-corrected chi connectivity index (χ2v) is 2.18. The maximum Gasteiger partial charge on any atom is 0.122 e. The second kappa shape index (κ2) is 2.82. The van der Waals surface area contributed by atoms with Gasteiger partial charge < -0.3 is 10.6 Å². The minimum absolute atomic E-state index is 0.118. The fraction of sp³-hybridized carbons (Fsp3) is 0.833. The Morgan fingerprint density at radius 2 is 2.67 bits per heavy atom. The van der Waals surface area contributed by atoms with Crippen molar-refractivity contribution in [2.45, 2.75) is 25.8 Å². The molecule has 52 valence electrons. The summed E-state index contributed by atoms with van der Waals surface area (Å²) in [5.74, 6) is 0. The number of nitrogens with two attached hydrogens (primary N) is 1. The maximum atomic E-state index is 5.67. The highest BCUT2D eigenvalue weighted by atomic mass is 16.6. The van der Waals surface area contributed by atoms with Gasteiger partial charge in [0.15, 0.2) is 0 Å². The SMILES string of the molecule is CC[C@H](N)C1=NOCC1. The van der Waals surface area contributed by atoms with E-state index in [-0.39, 0.29) is 6.04 Å². The highest BCUT2D eigenvalue weighted by molar-refractivity contribution is 5.89. The van der Waals surface area contributed by atoms with Crippen molar-refractivity contribution in [3.05, 3.63) is 0 Å². The second-order valence-electron chi connectivity index (χ2n) is 2.18. The molecule has 1 atom stereocenters. The molecule has 0 fully saturated rings. The average Bonchev–Trinajstić information content (AvgIpc) is 2.37. The van der Waals surface area contributed by atoms with Crippen LogP contribution < -0.4 is 5.73 Å². The van der Waals surface area contributed by atoms with Crippen molar-refractivity contribution >= 4 is 5.71 Å². The van der Waals surface area contributed by atoms with Gasteiger partial charge >= 0.3 is 0 Å². The zero-order valence-corrected chi connectivity index (χ0v) is 5.63. The third-order valence-corrected chi connectivity index (χ3v) is 1.50. The Morgan fingerprint density at radius 1 is 1.89 bits per heavy atom. The van der Waals surface area contributed by atoms with Crippen molar-refractivity contribution in [2.24, 2.45) is 10.9 Å². The summed E-state index contributed by atoms with van der Waals surface area (Å²) in [7, 11) is 0. The fourth-order valence-corrected chi connectivity index (χ4v) is 0.813. The van der Waals surface area contributed by atoms with Crippen molar-refractivity contribution in [1.82, 2.24) is 0 Å². The predicted molar refractivity (Wildman–Crippen MR) is 36.3 cm³/mol. The third kappa shape index (κ3) is 1.42. The van der Waals surface area contributed by atoms with Crippen LogP contribution in [-0.4, -0.2) is 18.4 Å². The van der Waals surface area contributed by atoms with Crippen LogP contribution in [0, 0.1) is 0 Å². The molecule has 0 radical (unpaired) electrons. The number of hydrogen-bond acceptors (Lipinski definition) is 3. The van der Waals surface area contributed by atoms with Crippen LogP contribution in [0.4, 0.5) is 0 Å². The first-order valence-electron chi connectivity index (χ1n) is 3.29. The van der Waals surface area contributed by atoms with E-state index in [0.29, 0.717) is 6.61 Å². The van der Waals surface area contributed by atoms with Gasteiger partial charge in [0.05, 0.1) is 5.71 Å². The summed E-state index contributed by atoms with van der Waals surface area (Å²) in [6.45, 7) is 2.76. The molecule has 0 unspecified atom stereocenters. The lowest BCUT2D eigenvalue weighted by molar-refractivity contribution is 0.173. The minimum atomic E-state index is 0.118. The molecule has 1 aliphatic heterocycles. The van der Waals surface area contributed by atoms with Gasteiger partial charge in [0.2, 0.25) is 0 Å². The summed E-state index contributed by atoms with van der Waals surface area (Å²) < 4.78 is 0. The summed E-state index contributed by atoms with van der Waals surface area (Å²) in [6.07, 6.45) is 1.86. The van der Waals surface area contributed by atoms with Gasteiger partial charge in [-0.15, -0.1) is 0 Å². The van der Waals surface area contributed by atoms with Gasteiger partial charge in [-0.25, -0.2) is 0 Å². The molecule has 0 aromatic heterocycles. The maximum absolute atomic E-state index is 5.67. The Hall–Kier alpha value is -0.570.